The monoisotopic (exact) mass is 188 g/mol. The number of aromatic amines is 1. The van der Waals surface area contributed by atoms with Crippen LogP contribution in [0.25, 0.3) is 11.4 Å². The maximum absolute atomic E-state index is 9.31. The van der Waals surface area contributed by atoms with Crippen LogP contribution in [-0.4, -0.2) is 15.1 Å². The number of phenols is 1. The lowest BCUT2D eigenvalue weighted by Crippen LogP contribution is -1.79. The maximum Gasteiger partial charge on any atom is 0.137 e. The van der Waals surface area contributed by atoms with Crippen LogP contribution in [0.15, 0.2) is 24.3 Å². The van der Waals surface area contributed by atoms with Crippen LogP contribution in [0.2, 0.25) is 0 Å². The zero-order valence-electron chi connectivity index (χ0n) is 8.20. The Labute approximate surface area is 82.4 Å². The number of nitrogens with one attached hydrogen (secondary N) is 1. The van der Waals surface area contributed by atoms with Crippen LogP contribution >= 0.6 is 0 Å². The van der Waals surface area contributed by atoms with E-state index in [1.807, 2.05) is 19.9 Å². The zero-order chi connectivity index (χ0) is 10.1. The number of benzene rings is 1. The van der Waals surface area contributed by atoms with Crippen molar-refractivity contribution in [1.29, 1.82) is 0 Å². The van der Waals surface area contributed by atoms with Gasteiger partial charge in [-0.1, -0.05) is 12.1 Å². The summed E-state index contributed by atoms with van der Waals surface area (Å²) >= 11 is 0. The third-order valence-corrected chi connectivity index (χ3v) is 2.25. The molecule has 1 aromatic carbocycles. The Morgan fingerprint density at radius 2 is 2.07 bits per heavy atom. The summed E-state index contributed by atoms with van der Waals surface area (Å²) in [5, 5.41) is 9.31. The van der Waals surface area contributed by atoms with Crippen LogP contribution < -0.4 is 0 Å². The number of hydrogen-bond acceptors (Lipinski definition) is 2. The highest BCUT2D eigenvalue weighted by Crippen LogP contribution is 2.21. The van der Waals surface area contributed by atoms with Gasteiger partial charge in [0.25, 0.3) is 0 Å². The topological polar surface area (TPSA) is 48.9 Å². The van der Waals surface area contributed by atoms with Crippen LogP contribution in [0.4, 0.5) is 0 Å². The van der Waals surface area contributed by atoms with Gasteiger partial charge in [-0.2, -0.15) is 0 Å². The van der Waals surface area contributed by atoms with Gasteiger partial charge in [0.05, 0.1) is 5.69 Å². The molecule has 0 aliphatic rings. The second-order valence-electron chi connectivity index (χ2n) is 3.35. The fourth-order valence-electron chi connectivity index (χ4n) is 1.34. The van der Waals surface area contributed by atoms with Crippen LogP contribution in [0.3, 0.4) is 0 Å². The van der Waals surface area contributed by atoms with E-state index >= 15 is 0 Å². The van der Waals surface area contributed by atoms with Crippen molar-refractivity contribution in [3.63, 3.8) is 0 Å². The molecule has 0 bridgehead atoms. The fraction of sp³-hybridized carbons (Fsp3) is 0.182. The lowest BCUT2D eigenvalue weighted by atomic mass is 10.2. The first kappa shape index (κ1) is 8.81. The van der Waals surface area contributed by atoms with Gasteiger partial charge in [0, 0.05) is 11.3 Å². The molecule has 1 aromatic heterocycles. The average Bonchev–Trinajstić information content (AvgIpc) is 2.47. The number of H-pyrrole nitrogens is 1. The quantitative estimate of drug-likeness (QED) is 0.722. The van der Waals surface area contributed by atoms with E-state index in [4.69, 9.17) is 0 Å². The van der Waals surface area contributed by atoms with Crippen LogP contribution in [0.1, 0.15) is 11.4 Å². The Morgan fingerprint density at radius 3 is 2.64 bits per heavy atom. The molecule has 2 rings (SSSR count). The lowest BCUT2D eigenvalue weighted by molar-refractivity contribution is 0.475. The summed E-state index contributed by atoms with van der Waals surface area (Å²) in [5.74, 6) is 1.06. The number of rotatable bonds is 1. The van der Waals surface area contributed by atoms with Gasteiger partial charge in [-0.3, -0.25) is 0 Å². The van der Waals surface area contributed by atoms with Gasteiger partial charge < -0.3 is 10.1 Å². The Bertz CT molecular complexity index is 441. The van der Waals surface area contributed by atoms with Gasteiger partial charge in [-0.25, -0.2) is 4.98 Å². The molecule has 0 radical (unpaired) electrons. The molecule has 1 heterocycles. The second-order valence-corrected chi connectivity index (χ2v) is 3.35. The van der Waals surface area contributed by atoms with Gasteiger partial charge in [0.15, 0.2) is 0 Å². The molecule has 3 nitrogen and oxygen atoms in total. The molecular formula is C11H12N2O. The summed E-state index contributed by atoms with van der Waals surface area (Å²) in [5.41, 5.74) is 2.95. The van der Waals surface area contributed by atoms with Crippen LogP contribution in [0, 0.1) is 13.8 Å². The predicted molar refractivity (Wildman–Crippen MR) is 55.2 cm³/mol. The first-order valence-corrected chi connectivity index (χ1v) is 4.49. The molecule has 0 aliphatic heterocycles. The number of aromatic hydroxyl groups is 1. The summed E-state index contributed by atoms with van der Waals surface area (Å²) in [6, 6.07) is 7.05. The van der Waals surface area contributed by atoms with Gasteiger partial charge in [-0.05, 0) is 26.0 Å². The van der Waals surface area contributed by atoms with Crippen molar-refractivity contribution in [2.45, 2.75) is 13.8 Å². The fourth-order valence-corrected chi connectivity index (χ4v) is 1.34. The standard InChI is InChI=1S/C11H12N2O/c1-7-8(2)13-11(12-7)9-4-3-5-10(14)6-9/h3-6,14H,1-2H3,(H,12,13). The predicted octanol–water partition coefficient (Wildman–Crippen LogP) is 2.40. The van der Waals surface area contributed by atoms with Crippen LogP contribution in [0.5, 0.6) is 5.75 Å². The SMILES string of the molecule is Cc1nc(-c2cccc(O)c2)[nH]c1C. The highest BCUT2D eigenvalue weighted by molar-refractivity contribution is 5.58. The zero-order valence-corrected chi connectivity index (χ0v) is 8.20. The summed E-state index contributed by atoms with van der Waals surface area (Å²) < 4.78 is 0. The highest BCUT2D eigenvalue weighted by atomic mass is 16.3. The first-order valence-electron chi connectivity index (χ1n) is 4.49. The third-order valence-electron chi connectivity index (χ3n) is 2.25. The molecule has 14 heavy (non-hydrogen) atoms. The minimum absolute atomic E-state index is 0.259. The molecule has 0 saturated heterocycles. The molecular weight excluding hydrogens is 176 g/mol. The number of aromatic nitrogens is 2. The average molecular weight is 188 g/mol. The summed E-state index contributed by atoms with van der Waals surface area (Å²) in [4.78, 5) is 7.52. The summed E-state index contributed by atoms with van der Waals surface area (Å²) in [6.07, 6.45) is 0. The Hall–Kier alpha value is -1.77. The van der Waals surface area contributed by atoms with Crippen LogP contribution in [-0.2, 0) is 0 Å². The maximum atomic E-state index is 9.31. The molecule has 72 valence electrons. The molecule has 0 spiro atoms. The lowest BCUT2D eigenvalue weighted by Gasteiger charge is -1.96. The van der Waals surface area contributed by atoms with E-state index in [0.717, 1.165) is 22.8 Å². The van der Waals surface area contributed by atoms with Gasteiger partial charge in [0.1, 0.15) is 11.6 Å². The van der Waals surface area contributed by atoms with Crippen molar-refractivity contribution in [2.24, 2.45) is 0 Å². The molecule has 0 saturated carbocycles. The molecule has 0 fully saturated rings. The van der Waals surface area contributed by atoms with E-state index in [9.17, 15) is 5.11 Å². The second kappa shape index (κ2) is 3.18. The Balaban J connectivity index is 2.49. The summed E-state index contributed by atoms with van der Waals surface area (Å²) in [7, 11) is 0. The number of hydrogen-bond donors (Lipinski definition) is 2. The normalized spacial score (nSPS) is 10.4. The first-order chi connectivity index (χ1) is 6.66. The van der Waals surface area contributed by atoms with Crippen molar-refractivity contribution >= 4 is 0 Å². The van der Waals surface area contributed by atoms with Crippen molar-refractivity contribution in [3.05, 3.63) is 35.7 Å². The molecule has 0 amide bonds. The third kappa shape index (κ3) is 1.48. The smallest absolute Gasteiger partial charge is 0.137 e. The van der Waals surface area contributed by atoms with E-state index in [2.05, 4.69) is 9.97 Å². The van der Waals surface area contributed by atoms with Crippen molar-refractivity contribution < 1.29 is 5.11 Å². The highest BCUT2D eigenvalue weighted by Gasteiger charge is 2.04. The van der Waals surface area contributed by atoms with Gasteiger partial charge in [0.2, 0.25) is 0 Å². The number of phenolic OH excluding ortho intramolecular Hbond substituents is 1. The minimum atomic E-state index is 0.259. The molecule has 0 aliphatic carbocycles. The number of imidazole rings is 1. The summed E-state index contributed by atoms with van der Waals surface area (Å²) in [6.45, 7) is 3.94. The number of aryl methyl sites for hydroxylation is 2. The molecule has 0 unspecified atom stereocenters. The Kier molecular flexibility index (Phi) is 2.00. The number of nitrogens with zero attached hydrogens (tertiary/aromatic N) is 1. The molecule has 2 aromatic rings. The van der Waals surface area contributed by atoms with E-state index in [0.29, 0.717) is 0 Å². The molecule has 3 heteroatoms. The van der Waals surface area contributed by atoms with E-state index in [1.165, 1.54) is 0 Å². The van der Waals surface area contributed by atoms with E-state index < -0.39 is 0 Å². The minimum Gasteiger partial charge on any atom is -0.508 e. The van der Waals surface area contributed by atoms with Crippen molar-refractivity contribution in [1.82, 2.24) is 9.97 Å². The van der Waals surface area contributed by atoms with Gasteiger partial charge >= 0.3 is 0 Å². The van der Waals surface area contributed by atoms with Gasteiger partial charge in [-0.15, -0.1) is 0 Å². The molecule has 0 atom stereocenters. The van der Waals surface area contributed by atoms with E-state index in [-0.39, 0.29) is 5.75 Å². The largest absolute Gasteiger partial charge is 0.508 e. The van der Waals surface area contributed by atoms with E-state index in [1.54, 1.807) is 18.2 Å². The van der Waals surface area contributed by atoms with Crippen molar-refractivity contribution in [3.8, 4) is 17.1 Å². The Morgan fingerprint density at radius 1 is 1.29 bits per heavy atom. The van der Waals surface area contributed by atoms with Crippen molar-refractivity contribution in [2.75, 3.05) is 0 Å². The molecule has 2 N–H and O–H groups in total.